The predicted molar refractivity (Wildman–Crippen MR) is 83.5 cm³/mol. The number of amidine groups is 1. The summed E-state index contributed by atoms with van der Waals surface area (Å²) in [5.74, 6) is 0.00241. The molecule has 0 aliphatic heterocycles. The van der Waals surface area contributed by atoms with Crippen LogP contribution >= 0.6 is 11.6 Å². The highest BCUT2D eigenvalue weighted by Crippen LogP contribution is 2.16. The minimum atomic E-state index is 0.00241. The summed E-state index contributed by atoms with van der Waals surface area (Å²) in [5.41, 5.74) is 8.15. The van der Waals surface area contributed by atoms with Crippen molar-refractivity contribution in [2.45, 2.75) is 19.5 Å². The molecule has 1 aromatic carbocycles. The molecule has 0 aliphatic rings. The lowest BCUT2D eigenvalue weighted by molar-refractivity contribution is 0.318. The Morgan fingerprint density at radius 2 is 2.10 bits per heavy atom. The molecule has 0 aliphatic carbocycles. The van der Waals surface area contributed by atoms with Crippen LogP contribution in [-0.2, 0) is 6.54 Å². The van der Waals surface area contributed by atoms with Crippen LogP contribution in [-0.4, -0.2) is 16.0 Å². The van der Waals surface area contributed by atoms with Gasteiger partial charge in [0, 0.05) is 23.8 Å². The van der Waals surface area contributed by atoms with Crippen LogP contribution in [0.2, 0.25) is 5.02 Å². The Hall–Kier alpha value is -2.11. The first kappa shape index (κ1) is 15.3. The van der Waals surface area contributed by atoms with Gasteiger partial charge in [-0.1, -0.05) is 28.9 Å². The average Bonchev–Trinajstić information content (AvgIpc) is 2.52. The maximum atomic E-state index is 8.66. The summed E-state index contributed by atoms with van der Waals surface area (Å²) in [7, 11) is 0. The van der Waals surface area contributed by atoms with E-state index in [-0.39, 0.29) is 11.9 Å². The summed E-state index contributed by atoms with van der Waals surface area (Å²) in [6.07, 6.45) is 1.64. The highest BCUT2D eigenvalue weighted by molar-refractivity contribution is 6.30. The van der Waals surface area contributed by atoms with E-state index in [2.05, 4.69) is 22.4 Å². The van der Waals surface area contributed by atoms with E-state index in [1.807, 2.05) is 30.3 Å². The van der Waals surface area contributed by atoms with Gasteiger partial charge in [0.15, 0.2) is 5.84 Å². The number of hydrogen-bond acceptors (Lipinski definition) is 4. The fraction of sp³-hybridized carbons (Fsp3) is 0.200. The fourth-order valence-corrected chi connectivity index (χ4v) is 2.04. The van der Waals surface area contributed by atoms with Crippen molar-refractivity contribution in [1.82, 2.24) is 10.3 Å². The number of hydrogen-bond donors (Lipinski definition) is 3. The second kappa shape index (κ2) is 7.06. The lowest BCUT2D eigenvalue weighted by Crippen LogP contribution is -2.19. The van der Waals surface area contributed by atoms with Gasteiger partial charge in [-0.3, -0.25) is 4.98 Å². The van der Waals surface area contributed by atoms with Gasteiger partial charge in [0.2, 0.25) is 0 Å². The van der Waals surface area contributed by atoms with Crippen molar-refractivity contribution in [3.8, 4) is 0 Å². The van der Waals surface area contributed by atoms with Gasteiger partial charge in [-0.05, 0) is 42.3 Å². The minimum absolute atomic E-state index is 0.00241. The third kappa shape index (κ3) is 4.18. The maximum absolute atomic E-state index is 8.66. The number of rotatable bonds is 5. The van der Waals surface area contributed by atoms with E-state index >= 15 is 0 Å². The number of benzene rings is 1. The van der Waals surface area contributed by atoms with Gasteiger partial charge in [-0.25, -0.2) is 0 Å². The highest BCUT2D eigenvalue weighted by Gasteiger charge is 2.06. The molecule has 0 amide bonds. The number of nitrogens with zero attached hydrogens (tertiary/aromatic N) is 2. The van der Waals surface area contributed by atoms with Gasteiger partial charge >= 0.3 is 0 Å². The third-order valence-corrected chi connectivity index (χ3v) is 3.43. The quantitative estimate of drug-likeness (QED) is 0.343. The van der Waals surface area contributed by atoms with Crippen LogP contribution in [0.25, 0.3) is 0 Å². The normalized spacial score (nSPS) is 13.1. The Balaban J connectivity index is 2.01. The molecule has 1 aromatic heterocycles. The molecular weight excluding hydrogens is 288 g/mol. The van der Waals surface area contributed by atoms with Gasteiger partial charge in [-0.2, -0.15) is 0 Å². The van der Waals surface area contributed by atoms with Crippen molar-refractivity contribution < 1.29 is 5.21 Å². The van der Waals surface area contributed by atoms with Crippen molar-refractivity contribution in [2.24, 2.45) is 10.9 Å². The minimum Gasteiger partial charge on any atom is -0.409 e. The number of nitrogens with two attached hydrogens (primary N) is 1. The lowest BCUT2D eigenvalue weighted by atomic mass is 10.1. The predicted octanol–water partition coefficient (Wildman–Crippen LogP) is 2.68. The third-order valence-electron chi connectivity index (χ3n) is 3.18. The van der Waals surface area contributed by atoms with E-state index in [0.717, 1.165) is 16.1 Å². The van der Waals surface area contributed by atoms with E-state index in [1.165, 1.54) is 0 Å². The Morgan fingerprint density at radius 1 is 1.38 bits per heavy atom. The zero-order valence-corrected chi connectivity index (χ0v) is 12.4. The molecule has 4 N–H and O–H groups in total. The molecule has 0 saturated heterocycles. The smallest absolute Gasteiger partial charge is 0.188 e. The summed E-state index contributed by atoms with van der Waals surface area (Å²) in [6, 6.07) is 11.6. The first-order valence-corrected chi connectivity index (χ1v) is 6.89. The first-order valence-electron chi connectivity index (χ1n) is 6.52. The Labute approximate surface area is 128 Å². The molecule has 6 heteroatoms. The Bertz CT molecular complexity index is 628. The topological polar surface area (TPSA) is 83.5 Å². The van der Waals surface area contributed by atoms with Crippen molar-refractivity contribution >= 4 is 17.4 Å². The van der Waals surface area contributed by atoms with Crippen LogP contribution in [0.4, 0.5) is 0 Å². The van der Waals surface area contributed by atoms with Crippen molar-refractivity contribution in [2.75, 3.05) is 0 Å². The molecule has 0 fully saturated rings. The molecule has 0 spiro atoms. The van der Waals surface area contributed by atoms with Crippen LogP contribution in [0.15, 0.2) is 47.8 Å². The van der Waals surface area contributed by atoms with Gasteiger partial charge < -0.3 is 16.3 Å². The van der Waals surface area contributed by atoms with Crippen LogP contribution in [0.3, 0.4) is 0 Å². The standard InChI is InChI=1S/C15H17ClN4O/c1-10(12-2-4-13(16)5-3-12)19-9-11-6-7-18-14(8-11)15(17)20-21/h2-8,10,19,21H,9H2,1H3,(H2,17,20)/t10-/m0/s1. The zero-order chi connectivity index (χ0) is 15.2. The number of pyridine rings is 1. The SMILES string of the molecule is C[C@H](NCc1ccnc(/C(N)=N/O)c1)c1ccc(Cl)cc1. The van der Waals surface area contributed by atoms with E-state index in [9.17, 15) is 0 Å². The van der Waals surface area contributed by atoms with E-state index < -0.39 is 0 Å². The molecule has 0 bridgehead atoms. The second-order valence-electron chi connectivity index (χ2n) is 4.69. The van der Waals surface area contributed by atoms with Crippen LogP contribution in [0.5, 0.6) is 0 Å². The number of halogens is 1. The summed E-state index contributed by atoms with van der Waals surface area (Å²) in [4.78, 5) is 4.05. The Morgan fingerprint density at radius 3 is 2.76 bits per heavy atom. The molecular formula is C15H17ClN4O. The van der Waals surface area contributed by atoms with Gasteiger partial charge in [-0.15, -0.1) is 0 Å². The lowest BCUT2D eigenvalue weighted by Gasteiger charge is -2.14. The van der Waals surface area contributed by atoms with Crippen LogP contribution in [0, 0.1) is 0 Å². The molecule has 0 radical (unpaired) electrons. The molecule has 110 valence electrons. The Kier molecular flexibility index (Phi) is 5.14. The van der Waals surface area contributed by atoms with Gasteiger partial charge in [0.1, 0.15) is 5.69 Å². The van der Waals surface area contributed by atoms with Crippen molar-refractivity contribution in [1.29, 1.82) is 0 Å². The summed E-state index contributed by atoms with van der Waals surface area (Å²) < 4.78 is 0. The molecule has 5 nitrogen and oxygen atoms in total. The first-order chi connectivity index (χ1) is 10.1. The molecule has 0 unspecified atom stereocenters. The van der Waals surface area contributed by atoms with E-state index in [4.69, 9.17) is 22.5 Å². The summed E-state index contributed by atoms with van der Waals surface area (Å²) in [5, 5.41) is 15.7. The van der Waals surface area contributed by atoms with Crippen molar-refractivity contribution in [3.63, 3.8) is 0 Å². The molecule has 2 rings (SSSR count). The number of aromatic nitrogens is 1. The largest absolute Gasteiger partial charge is 0.409 e. The highest BCUT2D eigenvalue weighted by atomic mass is 35.5. The molecule has 2 aromatic rings. The monoisotopic (exact) mass is 304 g/mol. The number of nitrogens with one attached hydrogen (secondary N) is 1. The maximum Gasteiger partial charge on any atom is 0.188 e. The van der Waals surface area contributed by atoms with Gasteiger partial charge in [0.05, 0.1) is 0 Å². The summed E-state index contributed by atoms with van der Waals surface area (Å²) in [6.45, 7) is 2.73. The zero-order valence-electron chi connectivity index (χ0n) is 11.6. The van der Waals surface area contributed by atoms with Crippen LogP contribution in [0.1, 0.15) is 29.8 Å². The molecule has 0 saturated carbocycles. The average molecular weight is 305 g/mol. The molecule has 1 heterocycles. The van der Waals surface area contributed by atoms with Gasteiger partial charge in [0.25, 0.3) is 0 Å². The summed E-state index contributed by atoms with van der Waals surface area (Å²) >= 11 is 5.88. The van der Waals surface area contributed by atoms with E-state index in [0.29, 0.717) is 12.2 Å². The van der Waals surface area contributed by atoms with Crippen molar-refractivity contribution in [3.05, 3.63) is 64.4 Å². The second-order valence-corrected chi connectivity index (χ2v) is 5.13. The molecule has 21 heavy (non-hydrogen) atoms. The molecule has 1 atom stereocenters. The number of oxime groups is 1. The fourth-order valence-electron chi connectivity index (χ4n) is 1.92. The van der Waals surface area contributed by atoms with E-state index in [1.54, 1.807) is 12.3 Å². The van der Waals surface area contributed by atoms with Crippen LogP contribution < -0.4 is 11.1 Å².